The molecule has 86 valence electrons. The van der Waals surface area contributed by atoms with E-state index < -0.39 is 9.84 Å². The number of hydrogen-bond acceptors (Lipinski definition) is 3. The predicted octanol–water partition coefficient (Wildman–Crippen LogP) is 1.48. The summed E-state index contributed by atoms with van der Waals surface area (Å²) in [5, 5.41) is 0. The molecule has 1 heterocycles. The number of carbonyl (C=O) groups excluding carboxylic acids is 1. The molecule has 1 aliphatic heterocycles. The van der Waals surface area contributed by atoms with Gasteiger partial charge >= 0.3 is 0 Å². The minimum Gasteiger partial charge on any atom is -0.298 e. The van der Waals surface area contributed by atoms with Gasteiger partial charge in [0.1, 0.15) is 6.29 Å². The average Bonchev–Trinajstić information content (AvgIpc) is 2.58. The van der Waals surface area contributed by atoms with Crippen LogP contribution in [0.1, 0.15) is 22.3 Å². The Hall–Kier alpha value is -1.16. The summed E-state index contributed by atoms with van der Waals surface area (Å²) in [6, 6.07) is 7.36. The molecule has 1 saturated heterocycles. The normalized spacial score (nSPS) is 23.1. The first kappa shape index (κ1) is 11.3. The van der Waals surface area contributed by atoms with Crippen LogP contribution >= 0.6 is 0 Å². The lowest BCUT2D eigenvalue weighted by molar-refractivity contribution is 0.112. The molecule has 3 nitrogen and oxygen atoms in total. The molecule has 1 fully saturated rings. The summed E-state index contributed by atoms with van der Waals surface area (Å²) in [5.41, 5.74) is 1.70. The van der Waals surface area contributed by atoms with Crippen LogP contribution in [0.3, 0.4) is 0 Å². The van der Waals surface area contributed by atoms with E-state index in [9.17, 15) is 13.2 Å². The van der Waals surface area contributed by atoms with Gasteiger partial charge in [-0.15, -0.1) is 0 Å². The lowest BCUT2D eigenvalue weighted by atomic mass is 9.98. The van der Waals surface area contributed by atoms with Crippen LogP contribution in [-0.2, 0) is 16.3 Å². The van der Waals surface area contributed by atoms with Crippen molar-refractivity contribution in [2.24, 2.45) is 5.92 Å². The Bertz CT molecular complexity index is 491. The van der Waals surface area contributed by atoms with Crippen LogP contribution < -0.4 is 0 Å². The summed E-state index contributed by atoms with van der Waals surface area (Å²) in [5.74, 6) is 0.815. The third kappa shape index (κ3) is 2.70. The van der Waals surface area contributed by atoms with Crippen LogP contribution in [0.25, 0.3) is 0 Å². The van der Waals surface area contributed by atoms with Crippen LogP contribution in [0.4, 0.5) is 0 Å². The second-order valence-corrected chi connectivity index (χ2v) is 6.56. The number of carbonyl (C=O) groups is 1. The zero-order chi connectivity index (χ0) is 11.6. The number of benzene rings is 1. The molecular weight excluding hydrogens is 224 g/mol. The number of aldehydes is 1. The summed E-state index contributed by atoms with van der Waals surface area (Å²) in [4.78, 5) is 10.6. The fraction of sp³-hybridized carbons (Fsp3) is 0.417. The van der Waals surface area contributed by atoms with E-state index in [0.29, 0.717) is 11.3 Å². The number of sulfone groups is 1. The van der Waals surface area contributed by atoms with Crippen LogP contribution in [0.2, 0.25) is 0 Å². The molecule has 1 aromatic carbocycles. The van der Waals surface area contributed by atoms with Crippen molar-refractivity contribution in [2.45, 2.75) is 12.8 Å². The molecule has 1 unspecified atom stereocenters. The highest BCUT2D eigenvalue weighted by Gasteiger charge is 2.27. The summed E-state index contributed by atoms with van der Waals surface area (Å²) in [6.07, 6.45) is 2.31. The fourth-order valence-electron chi connectivity index (χ4n) is 2.16. The van der Waals surface area contributed by atoms with Gasteiger partial charge in [0.2, 0.25) is 0 Å². The van der Waals surface area contributed by atoms with Gasteiger partial charge in [0.25, 0.3) is 0 Å². The third-order valence-corrected chi connectivity index (χ3v) is 4.78. The molecular formula is C12H14O3S. The highest BCUT2D eigenvalue weighted by atomic mass is 32.2. The van der Waals surface area contributed by atoms with Crippen LogP contribution in [-0.4, -0.2) is 26.2 Å². The summed E-state index contributed by atoms with van der Waals surface area (Å²) in [7, 11) is -2.80. The molecule has 2 rings (SSSR count). The van der Waals surface area contributed by atoms with Gasteiger partial charge in [-0.25, -0.2) is 8.42 Å². The number of rotatable bonds is 3. The smallest absolute Gasteiger partial charge is 0.150 e. The first-order valence-corrected chi connectivity index (χ1v) is 7.16. The first-order chi connectivity index (χ1) is 7.59. The largest absolute Gasteiger partial charge is 0.298 e. The molecule has 16 heavy (non-hydrogen) atoms. The van der Waals surface area contributed by atoms with E-state index in [1.165, 1.54) is 0 Å². The van der Waals surface area contributed by atoms with E-state index in [-0.39, 0.29) is 11.7 Å². The molecule has 0 spiro atoms. The van der Waals surface area contributed by atoms with E-state index in [1.54, 1.807) is 6.07 Å². The summed E-state index contributed by atoms with van der Waals surface area (Å²) in [6.45, 7) is 0. The monoisotopic (exact) mass is 238 g/mol. The molecule has 0 radical (unpaired) electrons. The van der Waals surface area contributed by atoms with Gasteiger partial charge in [0.05, 0.1) is 11.5 Å². The lowest BCUT2D eigenvalue weighted by Crippen LogP contribution is -2.07. The van der Waals surface area contributed by atoms with Gasteiger partial charge in [0, 0.05) is 5.56 Å². The Morgan fingerprint density at radius 2 is 2.19 bits per heavy atom. The standard InChI is InChI=1S/C12H14O3S/c13-8-11-3-1-2-10(6-11)7-12-4-5-16(14,15)9-12/h1-3,6,8,12H,4-5,7,9H2. The van der Waals surface area contributed by atoms with Gasteiger partial charge in [0.15, 0.2) is 9.84 Å². The minimum atomic E-state index is -2.80. The molecule has 0 aromatic heterocycles. The lowest BCUT2D eigenvalue weighted by Gasteiger charge is -2.07. The topological polar surface area (TPSA) is 51.2 Å². The molecule has 1 aliphatic rings. The molecule has 0 aliphatic carbocycles. The van der Waals surface area contributed by atoms with Crippen LogP contribution in [0, 0.1) is 5.92 Å². The van der Waals surface area contributed by atoms with Crippen molar-refractivity contribution in [1.29, 1.82) is 0 Å². The van der Waals surface area contributed by atoms with Crippen molar-refractivity contribution in [3.63, 3.8) is 0 Å². The molecule has 0 bridgehead atoms. The highest BCUT2D eigenvalue weighted by Crippen LogP contribution is 2.22. The molecule has 0 amide bonds. The van der Waals surface area contributed by atoms with Gasteiger partial charge in [-0.3, -0.25) is 4.79 Å². The van der Waals surface area contributed by atoms with E-state index in [1.807, 2.05) is 18.2 Å². The van der Waals surface area contributed by atoms with Gasteiger partial charge in [-0.2, -0.15) is 0 Å². The van der Waals surface area contributed by atoms with Gasteiger partial charge < -0.3 is 0 Å². The average molecular weight is 238 g/mol. The second-order valence-electron chi connectivity index (χ2n) is 4.34. The Labute approximate surface area is 95.4 Å². The fourth-order valence-corrected chi connectivity index (χ4v) is 4.02. The summed E-state index contributed by atoms with van der Waals surface area (Å²) < 4.78 is 22.6. The van der Waals surface area contributed by atoms with Crippen molar-refractivity contribution in [2.75, 3.05) is 11.5 Å². The predicted molar refractivity (Wildman–Crippen MR) is 62.3 cm³/mol. The first-order valence-electron chi connectivity index (χ1n) is 5.33. The zero-order valence-electron chi connectivity index (χ0n) is 8.93. The second kappa shape index (κ2) is 4.37. The van der Waals surface area contributed by atoms with Crippen molar-refractivity contribution in [3.8, 4) is 0 Å². The van der Waals surface area contributed by atoms with E-state index in [2.05, 4.69) is 0 Å². The Balaban J connectivity index is 2.07. The SMILES string of the molecule is O=Cc1cccc(CC2CCS(=O)(=O)C2)c1. The minimum absolute atomic E-state index is 0.215. The third-order valence-electron chi connectivity index (χ3n) is 2.94. The molecule has 1 aromatic rings. The van der Waals surface area contributed by atoms with Crippen LogP contribution in [0.5, 0.6) is 0 Å². The molecule has 4 heteroatoms. The van der Waals surface area contributed by atoms with Crippen molar-refractivity contribution >= 4 is 16.1 Å². The van der Waals surface area contributed by atoms with E-state index in [0.717, 1.165) is 24.7 Å². The number of hydrogen-bond donors (Lipinski definition) is 0. The highest BCUT2D eigenvalue weighted by molar-refractivity contribution is 7.91. The Kier molecular flexibility index (Phi) is 3.10. The van der Waals surface area contributed by atoms with Crippen molar-refractivity contribution in [3.05, 3.63) is 35.4 Å². The van der Waals surface area contributed by atoms with Crippen LogP contribution in [0.15, 0.2) is 24.3 Å². The maximum absolute atomic E-state index is 11.3. The summed E-state index contributed by atoms with van der Waals surface area (Å²) >= 11 is 0. The maximum Gasteiger partial charge on any atom is 0.150 e. The van der Waals surface area contributed by atoms with E-state index >= 15 is 0 Å². The maximum atomic E-state index is 11.3. The molecule has 1 atom stereocenters. The Morgan fingerprint density at radius 3 is 2.81 bits per heavy atom. The van der Waals surface area contributed by atoms with E-state index in [4.69, 9.17) is 0 Å². The zero-order valence-corrected chi connectivity index (χ0v) is 9.74. The van der Waals surface area contributed by atoms with Gasteiger partial charge in [-0.05, 0) is 30.4 Å². The Morgan fingerprint density at radius 1 is 1.38 bits per heavy atom. The quantitative estimate of drug-likeness (QED) is 0.749. The molecule has 0 N–H and O–H groups in total. The van der Waals surface area contributed by atoms with Crippen molar-refractivity contribution < 1.29 is 13.2 Å². The van der Waals surface area contributed by atoms with Gasteiger partial charge in [-0.1, -0.05) is 18.2 Å². The molecule has 0 saturated carbocycles. The van der Waals surface area contributed by atoms with Crippen molar-refractivity contribution in [1.82, 2.24) is 0 Å².